The van der Waals surface area contributed by atoms with Crippen LogP contribution in [0.2, 0.25) is 0 Å². The van der Waals surface area contributed by atoms with Crippen molar-refractivity contribution >= 4 is 17.9 Å². The first kappa shape index (κ1) is 13.3. The Hall–Kier alpha value is -2.11. The van der Waals surface area contributed by atoms with Crippen molar-refractivity contribution in [2.45, 2.75) is 32.9 Å². The highest BCUT2D eigenvalue weighted by atomic mass is 19.1. The maximum absolute atomic E-state index is 13.1. The second-order valence-electron chi connectivity index (χ2n) is 5.23. The molecular weight excluding hydrogens is 251 g/mol. The number of anilines is 1. The minimum atomic E-state index is -1.69. The van der Waals surface area contributed by atoms with E-state index < -0.39 is 17.9 Å². The normalized spacial score (nSPS) is 14.3. The average Bonchev–Trinajstić information content (AvgIpc) is 2.65. The third-order valence-corrected chi connectivity index (χ3v) is 2.55. The van der Waals surface area contributed by atoms with E-state index in [4.69, 9.17) is 4.74 Å². The predicted molar refractivity (Wildman–Crippen MR) is 67.2 cm³/mol. The molecule has 0 N–H and O–H groups in total. The van der Waals surface area contributed by atoms with Gasteiger partial charge in [0.2, 0.25) is 0 Å². The Bertz CT molecular complexity index is 525. The highest BCUT2D eigenvalue weighted by Gasteiger charge is 2.37. The molecule has 0 aliphatic carbocycles. The number of hydrogen-bond donors (Lipinski definition) is 0. The first-order valence-electron chi connectivity index (χ1n) is 5.87. The summed E-state index contributed by atoms with van der Waals surface area (Å²) < 4.78 is 18.2. The van der Waals surface area contributed by atoms with Gasteiger partial charge in [-0.1, -0.05) is 18.2 Å². The second-order valence-corrected chi connectivity index (χ2v) is 5.23. The summed E-state index contributed by atoms with van der Waals surface area (Å²) in [5.74, 6) is 0. The first-order chi connectivity index (χ1) is 8.79. The van der Waals surface area contributed by atoms with Crippen LogP contribution >= 0.6 is 0 Å². The van der Waals surface area contributed by atoms with Crippen molar-refractivity contribution in [1.29, 1.82) is 0 Å². The molecular formula is C13H15FN2O3. The van der Waals surface area contributed by atoms with E-state index >= 15 is 0 Å². The van der Waals surface area contributed by atoms with Gasteiger partial charge in [-0.15, -0.1) is 4.39 Å². The lowest BCUT2D eigenvalue weighted by atomic mass is 10.2. The molecule has 1 heterocycles. The lowest BCUT2D eigenvalue weighted by Crippen LogP contribution is -2.46. The zero-order chi connectivity index (χ0) is 14.2. The molecule has 0 bridgehead atoms. The molecule has 0 spiro atoms. The first-order valence-corrected chi connectivity index (χ1v) is 5.87. The molecule has 102 valence electrons. The maximum Gasteiger partial charge on any atom is 0.434 e. The van der Waals surface area contributed by atoms with Crippen molar-refractivity contribution in [2.75, 3.05) is 5.01 Å². The third-order valence-electron chi connectivity index (χ3n) is 2.55. The molecule has 0 radical (unpaired) electrons. The van der Waals surface area contributed by atoms with Gasteiger partial charge < -0.3 is 4.74 Å². The molecule has 0 saturated heterocycles. The van der Waals surface area contributed by atoms with Gasteiger partial charge in [-0.2, -0.15) is 5.01 Å². The Kier molecular flexibility index (Phi) is 3.18. The molecule has 19 heavy (non-hydrogen) atoms. The van der Waals surface area contributed by atoms with Crippen LogP contribution < -0.4 is 5.01 Å². The number of ether oxygens (including phenoxy) is 1. The van der Waals surface area contributed by atoms with Crippen LogP contribution in [0.5, 0.6) is 0 Å². The number of amides is 2. The van der Waals surface area contributed by atoms with E-state index in [1.807, 2.05) is 0 Å². The number of fused-ring (bicyclic) bond motifs is 1. The molecule has 0 saturated carbocycles. The lowest BCUT2D eigenvalue weighted by molar-refractivity contribution is 0.0484. The van der Waals surface area contributed by atoms with E-state index in [0.29, 0.717) is 11.3 Å². The van der Waals surface area contributed by atoms with Crippen molar-refractivity contribution in [3.63, 3.8) is 0 Å². The van der Waals surface area contributed by atoms with Gasteiger partial charge >= 0.3 is 12.3 Å². The van der Waals surface area contributed by atoms with Crippen molar-refractivity contribution in [3.05, 3.63) is 29.8 Å². The molecule has 0 unspecified atom stereocenters. The van der Waals surface area contributed by atoms with Crippen LogP contribution in [-0.4, -0.2) is 22.9 Å². The number of carbonyl (C=O) groups is 2. The Morgan fingerprint density at radius 2 is 1.89 bits per heavy atom. The van der Waals surface area contributed by atoms with Crippen molar-refractivity contribution < 1.29 is 18.7 Å². The summed E-state index contributed by atoms with van der Waals surface area (Å²) in [7, 11) is 0. The number of para-hydroxylation sites is 1. The van der Waals surface area contributed by atoms with Crippen LogP contribution in [0.25, 0.3) is 0 Å². The number of rotatable bonds is 0. The standard InChI is InChI=1S/C13H15FN2O3/c1-13(2,3)19-12(18)16-10-7-5-4-6-9(10)8-15(16)11(14)17/h4-7H,8H2,1-3H3. The summed E-state index contributed by atoms with van der Waals surface area (Å²) in [4.78, 5) is 23.1. The Labute approximate surface area is 110 Å². The number of hydrogen-bond acceptors (Lipinski definition) is 3. The smallest absolute Gasteiger partial charge is 0.434 e. The minimum Gasteiger partial charge on any atom is -0.442 e. The SMILES string of the molecule is CC(C)(C)OC(=O)N1c2ccccc2CN1C(=O)F. The van der Waals surface area contributed by atoms with Crippen LogP contribution in [-0.2, 0) is 11.3 Å². The summed E-state index contributed by atoms with van der Waals surface area (Å²) >= 11 is 0. The van der Waals surface area contributed by atoms with E-state index in [2.05, 4.69) is 0 Å². The summed E-state index contributed by atoms with van der Waals surface area (Å²) in [6.45, 7) is 5.13. The van der Waals surface area contributed by atoms with Crippen molar-refractivity contribution in [2.24, 2.45) is 0 Å². The van der Waals surface area contributed by atoms with Crippen LogP contribution in [0.4, 0.5) is 19.7 Å². The number of benzene rings is 1. The number of nitrogens with zero attached hydrogens (tertiary/aromatic N) is 2. The van der Waals surface area contributed by atoms with Crippen LogP contribution in [0.1, 0.15) is 26.3 Å². The molecule has 6 heteroatoms. The Morgan fingerprint density at radius 3 is 2.47 bits per heavy atom. The second kappa shape index (κ2) is 4.53. The molecule has 5 nitrogen and oxygen atoms in total. The van der Waals surface area contributed by atoms with E-state index in [0.717, 1.165) is 10.0 Å². The fourth-order valence-electron chi connectivity index (χ4n) is 1.86. The molecule has 2 amide bonds. The Morgan fingerprint density at radius 1 is 1.26 bits per heavy atom. The molecule has 1 aromatic carbocycles. The van der Waals surface area contributed by atoms with Gasteiger partial charge in [-0.25, -0.2) is 14.6 Å². The molecule has 0 fully saturated rings. The molecule has 1 aromatic rings. The fourth-order valence-corrected chi connectivity index (χ4v) is 1.86. The molecule has 1 aliphatic heterocycles. The Balaban J connectivity index is 2.34. The maximum atomic E-state index is 13.1. The third kappa shape index (κ3) is 2.67. The summed E-state index contributed by atoms with van der Waals surface area (Å²) in [5, 5.41) is 1.65. The molecule has 1 aliphatic rings. The lowest BCUT2D eigenvalue weighted by Gasteiger charge is -2.28. The summed E-state index contributed by atoms with van der Waals surface area (Å²) in [6.07, 6.45) is -2.47. The van der Waals surface area contributed by atoms with E-state index in [1.54, 1.807) is 45.0 Å². The van der Waals surface area contributed by atoms with Crippen LogP contribution in [0.3, 0.4) is 0 Å². The fraction of sp³-hybridized carbons (Fsp3) is 0.385. The highest BCUT2D eigenvalue weighted by molar-refractivity contribution is 5.93. The van der Waals surface area contributed by atoms with Gasteiger partial charge in [-0.3, -0.25) is 0 Å². The number of halogens is 1. The predicted octanol–water partition coefficient (Wildman–Crippen LogP) is 3.25. The van der Waals surface area contributed by atoms with Crippen LogP contribution in [0, 0.1) is 0 Å². The summed E-state index contributed by atoms with van der Waals surface area (Å²) in [5.41, 5.74) is 0.432. The molecule has 0 atom stereocenters. The van der Waals surface area contributed by atoms with E-state index in [1.165, 1.54) is 0 Å². The van der Waals surface area contributed by atoms with Gasteiger partial charge in [0, 0.05) is 0 Å². The van der Waals surface area contributed by atoms with Crippen molar-refractivity contribution in [3.8, 4) is 0 Å². The number of hydrazine groups is 1. The monoisotopic (exact) mass is 266 g/mol. The van der Waals surface area contributed by atoms with Crippen molar-refractivity contribution in [1.82, 2.24) is 5.01 Å². The summed E-state index contributed by atoms with van der Waals surface area (Å²) in [6, 6.07) is 6.85. The average molecular weight is 266 g/mol. The largest absolute Gasteiger partial charge is 0.442 e. The van der Waals surface area contributed by atoms with Gasteiger partial charge in [-0.05, 0) is 32.4 Å². The zero-order valence-electron chi connectivity index (χ0n) is 11.0. The van der Waals surface area contributed by atoms with Gasteiger partial charge in [0.25, 0.3) is 0 Å². The molecule has 2 rings (SSSR count). The van der Waals surface area contributed by atoms with Crippen LogP contribution in [0.15, 0.2) is 24.3 Å². The zero-order valence-corrected chi connectivity index (χ0v) is 11.0. The van der Waals surface area contributed by atoms with E-state index in [9.17, 15) is 14.0 Å². The highest BCUT2D eigenvalue weighted by Crippen LogP contribution is 2.32. The minimum absolute atomic E-state index is 0.0186. The number of carbonyl (C=O) groups excluding carboxylic acids is 2. The topological polar surface area (TPSA) is 49.9 Å². The van der Waals surface area contributed by atoms with E-state index in [-0.39, 0.29) is 6.54 Å². The van der Waals surface area contributed by atoms with Gasteiger partial charge in [0.15, 0.2) is 0 Å². The molecule has 0 aromatic heterocycles. The van der Waals surface area contributed by atoms with Gasteiger partial charge in [0.05, 0.1) is 12.2 Å². The quantitative estimate of drug-likeness (QED) is 0.535. The van der Waals surface area contributed by atoms with Gasteiger partial charge in [0.1, 0.15) is 5.60 Å².